The number of carbonyl (C=O) groups is 1. The monoisotopic (exact) mass is 273 g/mol. The zero-order valence-corrected chi connectivity index (χ0v) is 11.1. The number of benzene rings is 2. The molecule has 2 rings (SSSR count). The molecular formula is C15H16FN3O. The minimum atomic E-state index is -0.318. The van der Waals surface area contributed by atoms with Crippen LogP contribution in [0, 0.1) is 5.82 Å². The maximum absolute atomic E-state index is 13.1. The standard InChI is InChI=1S/C15H16FN3O/c1-10(12-3-2-4-13(16)9-12)18-15(20)11-5-7-14(19-17)8-6-11/h2-10,19H,17H2,1H3,(H,18,20). The van der Waals surface area contributed by atoms with Gasteiger partial charge >= 0.3 is 0 Å². The van der Waals surface area contributed by atoms with Gasteiger partial charge in [0.1, 0.15) is 5.82 Å². The molecule has 4 nitrogen and oxygen atoms in total. The normalized spacial score (nSPS) is 11.8. The second kappa shape index (κ2) is 6.16. The molecular weight excluding hydrogens is 257 g/mol. The molecule has 0 saturated heterocycles. The first-order chi connectivity index (χ1) is 9.60. The van der Waals surface area contributed by atoms with E-state index in [1.807, 2.05) is 6.92 Å². The van der Waals surface area contributed by atoms with Crippen LogP contribution < -0.4 is 16.6 Å². The third-order valence-electron chi connectivity index (χ3n) is 3.01. The third kappa shape index (κ3) is 3.33. The van der Waals surface area contributed by atoms with E-state index in [0.717, 1.165) is 11.3 Å². The van der Waals surface area contributed by atoms with Gasteiger partial charge in [0.25, 0.3) is 5.91 Å². The van der Waals surface area contributed by atoms with Crippen LogP contribution >= 0.6 is 0 Å². The number of halogens is 1. The molecule has 0 aliphatic heterocycles. The lowest BCUT2D eigenvalue weighted by Crippen LogP contribution is -2.26. The van der Waals surface area contributed by atoms with E-state index < -0.39 is 0 Å². The molecule has 0 aromatic heterocycles. The Morgan fingerprint density at radius 3 is 2.50 bits per heavy atom. The Bertz CT molecular complexity index is 598. The van der Waals surface area contributed by atoms with Crippen molar-refractivity contribution >= 4 is 11.6 Å². The van der Waals surface area contributed by atoms with E-state index in [1.54, 1.807) is 36.4 Å². The first-order valence-corrected chi connectivity index (χ1v) is 6.23. The lowest BCUT2D eigenvalue weighted by molar-refractivity contribution is 0.0940. The Morgan fingerprint density at radius 1 is 1.20 bits per heavy atom. The van der Waals surface area contributed by atoms with Gasteiger partial charge in [0.15, 0.2) is 0 Å². The largest absolute Gasteiger partial charge is 0.346 e. The number of amides is 1. The highest BCUT2D eigenvalue weighted by molar-refractivity contribution is 5.94. The molecule has 0 aliphatic carbocycles. The van der Waals surface area contributed by atoms with Crippen LogP contribution in [0.15, 0.2) is 48.5 Å². The number of hydrogen-bond acceptors (Lipinski definition) is 3. The summed E-state index contributed by atoms with van der Waals surface area (Å²) in [5.74, 6) is 4.73. The number of hydrogen-bond donors (Lipinski definition) is 3. The Kier molecular flexibility index (Phi) is 4.32. The van der Waals surface area contributed by atoms with Gasteiger partial charge in [0, 0.05) is 11.3 Å². The Labute approximate surface area is 116 Å². The van der Waals surface area contributed by atoms with Gasteiger partial charge in [-0.3, -0.25) is 10.6 Å². The van der Waals surface area contributed by atoms with Crippen molar-refractivity contribution in [2.75, 3.05) is 5.43 Å². The van der Waals surface area contributed by atoms with Gasteiger partial charge < -0.3 is 10.7 Å². The molecule has 104 valence electrons. The summed E-state index contributed by atoms with van der Waals surface area (Å²) in [5, 5.41) is 2.82. The van der Waals surface area contributed by atoms with Gasteiger partial charge in [-0.25, -0.2) is 4.39 Å². The van der Waals surface area contributed by atoms with Crippen LogP contribution in [-0.2, 0) is 0 Å². The average molecular weight is 273 g/mol. The van der Waals surface area contributed by atoms with Gasteiger partial charge in [0.05, 0.1) is 6.04 Å². The minimum Gasteiger partial charge on any atom is -0.346 e. The highest BCUT2D eigenvalue weighted by atomic mass is 19.1. The molecule has 5 heteroatoms. The summed E-state index contributed by atoms with van der Waals surface area (Å²) in [5.41, 5.74) is 4.46. The number of nitrogen functional groups attached to an aromatic ring is 1. The fourth-order valence-corrected chi connectivity index (χ4v) is 1.86. The van der Waals surface area contributed by atoms with Crippen molar-refractivity contribution in [2.24, 2.45) is 5.84 Å². The summed E-state index contributed by atoms with van der Waals surface area (Å²) in [6.07, 6.45) is 0. The summed E-state index contributed by atoms with van der Waals surface area (Å²) in [4.78, 5) is 12.1. The summed E-state index contributed by atoms with van der Waals surface area (Å²) in [6, 6.07) is 12.7. The van der Waals surface area contributed by atoms with Crippen LogP contribution in [0.25, 0.3) is 0 Å². The maximum atomic E-state index is 13.1. The van der Waals surface area contributed by atoms with Crippen molar-refractivity contribution in [1.82, 2.24) is 5.32 Å². The zero-order chi connectivity index (χ0) is 14.5. The van der Waals surface area contributed by atoms with Gasteiger partial charge in [0.2, 0.25) is 0 Å². The molecule has 0 aliphatic rings. The van der Waals surface area contributed by atoms with Crippen molar-refractivity contribution in [2.45, 2.75) is 13.0 Å². The molecule has 0 radical (unpaired) electrons. The highest BCUT2D eigenvalue weighted by Crippen LogP contribution is 2.15. The highest BCUT2D eigenvalue weighted by Gasteiger charge is 2.11. The second-order valence-electron chi connectivity index (χ2n) is 4.47. The Hall–Kier alpha value is -2.40. The quantitative estimate of drug-likeness (QED) is 0.592. The maximum Gasteiger partial charge on any atom is 0.251 e. The lowest BCUT2D eigenvalue weighted by Gasteiger charge is -2.14. The molecule has 1 amide bonds. The molecule has 0 fully saturated rings. The van der Waals surface area contributed by atoms with Gasteiger partial charge in [-0.2, -0.15) is 0 Å². The second-order valence-corrected chi connectivity index (χ2v) is 4.47. The van der Waals surface area contributed by atoms with Crippen molar-refractivity contribution in [3.63, 3.8) is 0 Å². The zero-order valence-electron chi connectivity index (χ0n) is 11.1. The van der Waals surface area contributed by atoms with Gasteiger partial charge in [-0.15, -0.1) is 0 Å². The average Bonchev–Trinajstić information content (AvgIpc) is 2.47. The Balaban J connectivity index is 2.06. The molecule has 0 heterocycles. The van der Waals surface area contributed by atoms with Crippen molar-refractivity contribution in [1.29, 1.82) is 0 Å². The molecule has 4 N–H and O–H groups in total. The van der Waals surface area contributed by atoms with E-state index in [4.69, 9.17) is 5.84 Å². The first kappa shape index (κ1) is 14.0. The van der Waals surface area contributed by atoms with Crippen LogP contribution in [0.1, 0.15) is 28.9 Å². The summed E-state index contributed by atoms with van der Waals surface area (Å²) < 4.78 is 13.1. The van der Waals surface area contributed by atoms with Crippen LogP contribution in [-0.4, -0.2) is 5.91 Å². The number of carbonyl (C=O) groups excluding carboxylic acids is 1. The molecule has 0 bridgehead atoms. The molecule has 2 aromatic carbocycles. The number of hydrazine groups is 1. The van der Waals surface area contributed by atoms with E-state index in [2.05, 4.69) is 10.7 Å². The van der Waals surface area contributed by atoms with Gasteiger partial charge in [-0.1, -0.05) is 12.1 Å². The first-order valence-electron chi connectivity index (χ1n) is 6.23. The van der Waals surface area contributed by atoms with Crippen LogP contribution in [0.4, 0.5) is 10.1 Å². The smallest absolute Gasteiger partial charge is 0.251 e. The van der Waals surface area contributed by atoms with E-state index in [1.165, 1.54) is 12.1 Å². The molecule has 2 aromatic rings. The number of nitrogens with one attached hydrogen (secondary N) is 2. The van der Waals surface area contributed by atoms with E-state index >= 15 is 0 Å². The SMILES string of the molecule is CC(NC(=O)c1ccc(NN)cc1)c1cccc(F)c1. The fraction of sp³-hybridized carbons (Fsp3) is 0.133. The number of anilines is 1. The summed E-state index contributed by atoms with van der Waals surface area (Å²) in [6.45, 7) is 1.81. The van der Waals surface area contributed by atoms with Crippen LogP contribution in [0.5, 0.6) is 0 Å². The molecule has 0 spiro atoms. The van der Waals surface area contributed by atoms with Crippen molar-refractivity contribution < 1.29 is 9.18 Å². The minimum absolute atomic E-state index is 0.217. The molecule has 20 heavy (non-hydrogen) atoms. The van der Waals surface area contributed by atoms with Crippen molar-refractivity contribution in [3.8, 4) is 0 Å². The summed E-state index contributed by atoms with van der Waals surface area (Å²) in [7, 11) is 0. The van der Waals surface area contributed by atoms with Crippen LogP contribution in [0.3, 0.4) is 0 Å². The Morgan fingerprint density at radius 2 is 1.90 bits per heavy atom. The van der Waals surface area contributed by atoms with Crippen molar-refractivity contribution in [3.05, 3.63) is 65.5 Å². The van der Waals surface area contributed by atoms with Gasteiger partial charge in [-0.05, 0) is 48.9 Å². The number of nitrogens with two attached hydrogens (primary N) is 1. The molecule has 1 unspecified atom stereocenters. The molecule has 1 atom stereocenters. The lowest BCUT2D eigenvalue weighted by atomic mass is 10.1. The predicted molar refractivity (Wildman–Crippen MR) is 76.5 cm³/mol. The third-order valence-corrected chi connectivity index (χ3v) is 3.01. The van der Waals surface area contributed by atoms with E-state index in [0.29, 0.717) is 5.56 Å². The van der Waals surface area contributed by atoms with E-state index in [9.17, 15) is 9.18 Å². The van der Waals surface area contributed by atoms with Crippen LogP contribution in [0.2, 0.25) is 0 Å². The number of rotatable bonds is 4. The molecule has 0 saturated carbocycles. The summed E-state index contributed by atoms with van der Waals surface area (Å²) >= 11 is 0. The topological polar surface area (TPSA) is 67.2 Å². The fourth-order valence-electron chi connectivity index (χ4n) is 1.86. The van der Waals surface area contributed by atoms with E-state index in [-0.39, 0.29) is 17.8 Å². The predicted octanol–water partition coefficient (Wildman–Crippen LogP) is 2.60.